The Kier molecular flexibility index (Phi) is 5.49. The quantitative estimate of drug-likeness (QED) is 0.825. The molecule has 126 valence electrons. The standard InChI is InChI=1S/C20H24N2O2/c1-24-18-10-8-16(9-11-18)19(22-12-4-5-13-22)15-21-14-17-6-2-3-7-20(17)23/h2-3,6-11,14,19,23H,4-5,12-13,15H2,1H3/t19-/m1/s1. The van der Waals surface area contributed by atoms with E-state index in [0.29, 0.717) is 6.54 Å². The molecular weight excluding hydrogens is 300 g/mol. The summed E-state index contributed by atoms with van der Waals surface area (Å²) in [5.41, 5.74) is 2.01. The van der Waals surface area contributed by atoms with Gasteiger partial charge in [-0.2, -0.15) is 0 Å². The molecule has 0 radical (unpaired) electrons. The lowest BCUT2D eigenvalue weighted by Crippen LogP contribution is -2.27. The lowest BCUT2D eigenvalue weighted by Gasteiger charge is -2.26. The highest BCUT2D eigenvalue weighted by Crippen LogP contribution is 2.27. The molecule has 1 heterocycles. The first-order valence-corrected chi connectivity index (χ1v) is 8.44. The molecule has 4 heteroatoms. The van der Waals surface area contributed by atoms with Crippen LogP contribution in [0.5, 0.6) is 11.5 Å². The van der Waals surface area contributed by atoms with E-state index in [9.17, 15) is 5.11 Å². The van der Waals surface area contributed by atoms with Gasteiger partial charge in [-0.1, -0.05) is 24.3 Å². The van der Waals surface area contributed by atoms with Crippen molar-refractivity contribution in [2.75, 3.05) is 26.7 Å². The Labute approximate surface area is 143 Å². The van der Waals surface area contributed by atoms with Gasteiger partial charge in [0.15, 0.2) is 0 Å². The molecule has 2 aromatic rings. The van der Waals surface area contributed by atoms with Gasteiger partial charge >= 0.3 is 0 Å². The molecular formula is C20H24N2O2. The number of aliphatic imine (C=N–C) groups is 1. The first-order chi connectivity index (χ1) is 11.8. The maximum absolute atomic E-state index is 9.85. The summed E-state index contributed by atoms with van der Waals surface area (Å²) in [6.07, 6.45) is 4.26. The molecule has 4 nitrogen and oxygen atoms in total. The van der Waals surface area contributed by atoms with E-state index < -0.39 is 0 Å². The molecule has 1 N–H and O–H groups in total. The largest absolute Gasteiger partial charge is 0.507 e. The highest BCUT2D eigenvalue weighted by atomic mass is 16.5. The van der Waals surface area contributed by atoms with Crippen molar-refractivity contribution in [3.05, 3.63) is 59.7 Å². The minimum atomic E-state index is 0.264. The van der Waals surface area contributed by atoms with Gasteiger partial charge in [0.25, 0.3) is 0 Å². The van der Waals surface area contributed by atoms with E-state index in [0.717, 1.165) is 24.4 Å². The molecule has 0 bridgehead atoms. The minimum absolute atomic E-state index is 0.264. The number of para-hydroxylation sites is 1. The smallest absolute Gasteiger partial charge is 0.124 e. The van der Waals surface area contributed by atoms with Gasteiger partial charge in [0.05, 0.1) is 19.7 Å². The molecule has 1 atom stereocenters. The summed E-state index contributed by atoms with van der Waals surface area (Å²) in [6.45, 7) is 2.91. The monoisotopic (exact) mass is 324 g/mol. The van der Waals surface area contributed by atoms with Crippen LogP contribution in [-0.2, 0) is 0 Å². The van der Waals surface area contributed by atoms with Crippen LogP contribution in [0.4, 0.5) is 0 Å². The second kappa shape index (κ2) is 7.97. The third-order valence-electron chi connectivity index (χ3n) is 4.53. The van der Waals surface area contributed by atoms with Crippen molar-refractivity contribution < 1.29 is 9.84 Å². The highest BCUT2D eigenvalue weighted by molar-refractivity contribution is 5.83. The van der Waals surface area contributed by atoms with Crippen molar-refractivity contribution in [1.82, 2.24) is 4.90 Å². The Bertz CT molecular complexity index is 676. The van der Waals surface area contributed by atoms with Gasteiger partial charge in [0, 0.05) is 11.8 Å². The number of aromatic hydroxyl groups is 1. The van der Waals surface area contributed by atoms with E-state index in [4.69, 9.17) is 4.74 Å². The number of likely N-dealkylation sites (tertiary alicyclic amines) is 1. The van der Waals surface area contributed by atoms with E-state index in [1.165, 1.54) is 18.4 Å². The van der Waals surface area contributed by atoms with Crippen LogP contribution >= 0.6 is 0 Å². The van der Waals surface area contributed by atoms with Crippen molar-refractivity contribution in [1.29, 1.82) is 0 Å². The average molecular weight is 324 g/mol. The SMILES string of the molecule is COc1ccc([C@@H](CN=Cc2ccccc2O)N2CCCC2)cc1. The summed E-state index contributed by atoms with van der Waals surface area (Å²) in [4.78, 5) is 7.10. The van der Waals surface area contributed by atoms with Crippen LogP contribution in [0.1, 0.15) is 30.0 Å². The van der Waals surface area contributed by atoms with Crippen LogP contribution in [0, 0.1) is 0 Å². The molecule has 0 unspecified atom stereocenters. The van der Waals surface area contributed by atoms with Crippen molar-refractivity contribution in [2.24, 2.45) is 4.99 Å². The molecule has 3 rings (SSSR count). The summed E-state index contributed by atoms with van der Waals surface area (Å²) in [5.74, 6) is 1.14. The molecule has 0 amide bonds. The van der Waals surface area contributed by atoms with Gasteiger partial charge in [-0.05, 0) is 55.8 Å². The number of hydrogen-bond acceptors (Lipinski definition) is 4. The first-order valence-electron chi connectivity index (χ1n) is 8.44. The number of phenols is 1. The fourth-order valence-electron chi connectivity index (χ4n) is 3.16. The lowest BCUT2D eigenvalue weighted by atomic mass is 10.1. The van der Waals surface area contributed by atoms with E-state index >= 15 is 0 Å². The summed E-state index contributed by atoms with van der Waals surface area (Å²) in [6, 6.07) is 15.8. The minimum Gasteiger partial charge on any atom is -0.507 e. The van der Waals surface area contributed by atoms with E-state index in [-0.39, 0.29) is 11.8 Å². The zero-order chi connectivity index (χ0) is 16.8. The number of rotatable bonds is 6. The van der Waals surface area contributed by atoms with Crippen LogP contribution in [0.3, 0.4) is 0 Å². The molecule has 1 aliphatic rings. The molecule has 0 spiro atoms. The molecule has 0 saturated carbocycles. The van der Waals surface area contributed by atoms with Crippen LogP contribution in [-0.4, -0.2) is 43.0 Å². The van der Waals surface area contributed by atoms with Gasteiger partial charge < -0.3 is 9.84 Å². The Morgan fingerprint density at radius 1 is 1.12 bits per heavy atom. The number of hydrogen-bond donors (Lipinski definition) is 1. The summed E-state index contributed by atoms with van der Waals surface area (Å²) >= 11 is 0. The van der Waals surface area contributed by atoms with Crippen LogP contribution in [0.15, 0.2) is 53.5 Å². The fraction of sp³-hybridized carbons (Fsp3) is 0.350. The molecule has 0 aromatic heterocycles. The number of nitrogens with zero attached hydrogens (tertiary/aromatic N) is 2. The van der Waals surface area contributed by atoms with Gasteiger partial charge in [-0.3, -0.25) is 9.89 Å². The summed E-state index contributed by atoms with van der Waals surface area (Å²) < 4.78 is 5.26. The first kappa shape index (κ1) is 16.5. The second-order valence-electron chi connectivity index (χ2n) is 6.09. The van der Waals surface area contributed by atoms with E-state index in [2.05, 4.69) is 22.0 Å². The van der Waals surface area contributed by atoms with Gasteiger partial charge in [-0.25, -0.2) is 0 Å². The zero-order valence-electron chi connectivity index (χ0n) is 14.1. The summed E-state index contributed by atoms with van der Waals surface area (Å²) in [7, 11) is 1.68. The Hall–Kier alpha value is -2.33. The molecule has 1 aliphatic heterocycles. The van der Waals surface area contributed by atoms with Crippen LogP contribution < -0.4 is 4.74 Å². The number of ether oxygens (including phenoxy) is 1. The maximum Gasteiger partial charge on any atom is 0.124 e. The topological polar surface area (TPSA) is 45.1 Å². The number of methoxy groups -OCH3 is 1. The Morgan fingerprint density at radius 3 is 2.50 bits per heavy atom. The van der Waals surface area contributed by atoms with Crippen molar-refractivity contribution in [2.45, 2.75) is 18.9 Å². The molecule has 24 heavy (non-hydrogen) atoms. The molecule has 1 fully saturated rings. The van der Waals surface area contributed by atoms with Crippen molar-refractivity contribution >= 4 is 6.21 Å². The third-order valence-corrected chi connectivity index (χ3v) is 4.53. The normalized spacial score (nSPS) is 16.5. The number of benzene rings is 2. The van der Waals surface area contributed by atoms with Gasteiger partial charge in [0.1, 0.15) is 11.5 Å². The van der Waals surface area contributed by atoms with Crippen molar-refractivity contribution in [3.63, 3.8) is 0 Å². The van der Waals surface area contributed by atoms with E-state index in [1.807, 2.05) is 30.3 Å². The summed E-state index contributed by atoms with van der Waals surface area (Å²) in [5, 5.41) is 9.85. The predicted molar refractivity (Wildman–Crippen MR) is 97.1 cm³/mol. The number of phenolic OH excluding ortho intramolecular Hbond substituents is 1. The van der Waals surface area contributed by atoms with E-state index in [1.54, 1.807) is 19.4 Å². The fourth-order valence-corrected chi connectivity index (χ4v) is 3.16. The van der Waals surface area contributed by atoms with Gasteiger partial charge in [0.2, 0.25) is 0 Å². The average Bonchev–Trinajstić information content (AvgIpc) is 3.15. The Morgan fingerprint density at radius 2 is 1.83 bits per heavy atom. The predicted octanol–water partition coefficient (Wildman–Crippen LogP) is 3.66. The zero-order valence-corrected chi connectivity index (χ0v) is 14.1. The van der Waals surface area contributed by atoms with Crippen LogP contribution in [0.25, 0.3) is 0 Å². The molecule has 1 saturated heterocycles. The third kappa shape index (κ3) is 3.95. The van der Waals surface area contributed by atoms with Crippen molar-refractivity contribution in [3.8, 4) is 11.5 Å². The molecule has 2 aromatic carbocycles. The maximum atomic E-state index is 9.85. The lowest BCUT2D eigenvalue weighted by molar-refractivity contribution is 0.252. The van der Waals surface area contributed by atoms with Gasteiger partial charge in [-0.15, -0.1) is 0 Å². The highest BCUT2D eigenvalue weighted by Gasteiger charge is 2.23. The Balaban J connectivity index is 1.76. The van der Waals surface area contributed by atoms with Crippen LogP contribution in [0.2, 0.25) is 0 Å². The molecule has 0 aliphatic carbocycles. The second-order valence-corrected chi connectivity index (χ2v) is 6.09.